The van der Waals surface area contributed by atoms with Gasteiger partial charge in [-0.2, -0.15) is 0 Å². The molecule has 0 unspecified atom stereocenters. The highest BCUT2D eigenvalue weighted by atomic mass is 28.4. The van der Waals surface area contributed by atoms with Crippen molar-refractivity contribution in [3.05, 3.63) is 12.7 Å². The Labute approximate surface area is 106 Å². The average molecular weight is 262 g/mol. The zero-order chi connectivity index (χ0) is 13.0. The van der Waals surface area contributed by atoms with Gasteiger partial charge in [-0.25, -0.2) is 0 Å². The van der Waals surface area contributed by atoms with Crippen LogP contribution in [0.15, 0.2) is 12.7 Å². The van der Waals surface area contributed by atoms with E-state index in [0.717, 1.165) is 19.3 Å². The highest BCUT2D eigenvalue weighted by Gasteiger charge is 2.45. The number of rotatable bonds is 12. The second-order valence-corrected chi connectivity index (χ2v) is 5.80. The van der Waals surface area contributed by atoms with Crippen molar-refractivity contribution in [3.63, 3.8) is 0 Å². The summed E-state index contributed by atoms with van der Waals surface area (Å²) in [5.41, 5.74) is 0. The van der Waals surface area contributed by atoms with Gasteiger partial charge in [0.2, 0.25) is 0 Å². The Balaban J connectivity index is 4.44. The number of hydrogen-bond acceptors (Lipinski definition) is 4. The molecule has 102 valence electrons. The molecule has 0 heterocycles. The van der Waals surface area contributed by atoms with E-state index < -0.39 is 9.05 Å². The van der Waals surface area contributed by atoms with Crippen LogP contribution < -0.4 is 0 Å². The van der Waals surface area contributed by atoms with Gasteiger partial charge in [-0.1, -0.05) is 26.8 Å². The van der Waals surface area contributed by atoms with E-state index in [4.69, 9.17) is 17.7 Å². The highest BCUT2D eigenvalue weighted by Crippen LogP contribution is 2.13. The minimum atomic E-state index is -2.95. The van der Waals surface area contributed by atoms with Gasteiger partial charge >= 0.3 is 9.05 Å². The van der Waals surface area contributed by atoms with E-state index in [0.29, 0.717) is 26.4 Å². The van der Waals surface area contributed by atoms with Crippen LogP contribution in [0, 0.1) is 0 Å². The van der Waals surface area contributed by atoms with E-state index in [2.05, 4.69) is 6.58 Å². The first-order valence-corrected chi connectivity index (χ1v) is 8.04. The van der Waals surface area contributed by atoms with E-state index in [-0.39, 0.29) is 0 Å². The summed E-state index contributed by atoms with van der Waals surface area (Å²) in [7, 11) is -2.95. The maximum absolute atomic E-state index is 5.71. The molecule has 0 N–H and O–H groups in total. The van der Waals surface area contributed by atoms with E-state index in [1.54, 1.807) is 6.08 Å². The molecule has 0 aliphatic carbocycles. The second-order valence-electron chi connectivity index (χ2n) is 3.65. The van der Waals surface area contributed by atoms with Crippen LogP contribution in [-0.4, -0.2) is 35.5 Å². The molecule has 0 aromatic heterocycles. The van der Waals surface area contributed by atoms with Crippen LogP contribution in [0.4, 0.5) is 0 Å². The summed E-state index contributed by atoms with van der Waals surface area (Å²) >= 11 is 0. The Kier molecular flexibility index (Phi) is 10.8. The fourth-order valence-corrected chi connectivity index (χ4v) is 3.28. The molecule has 4 nitrogen and oxygen atoms in total. The molecular formula is C12H26O4Si. The van der Waals surface area contributed by atoms with Gasteiger partial charge in [-0.05, 0) is 19.3 Å². The molecule has 0 spiro atoms. The SMILES string of the molecule is C=CCO[Si](OCCC)(OCCC)OCCC. The van der Waals surface area contributed by atoms with Gasteiger partial charge in [-0.3, -0.25) is 0 Å². The normalized spacial score (nSPS) is 11.7. The Bertz CT molecular complexity index is 166. The monoisotopic (exact) mass is 262 g/mol. The molecule has 0 amide bonds. The molecule has 0 aromatic carbocycles. The van der Waals surface area contributed by atoms with Gasteiger partial charge in [0, 0.05) is 19.8 Å². The van der Waals surface area contributed by atoms with Crippen molar-refractivity contribution in [1.82, 2.24) is 0 Å². The summed E-state index contributed by atoms with van der Waals surface area (Å²) in [5, 5.41) is 0. The largest absolute Gasteiger partial charge is 0.679 e. The number of hydrogen-bond donors (Lipinski definition) is 0. The first kappa shape index (κ1) is 16.8. The molecule has 0 bridgehead atoms. The summed E-state index contributed by atoms with van der Waals surface area (Å²) in [6.07, 6.45) is 4.42. The van der Waals surface area contributed by atoms with Gasteiger partial charge in [0.1, 0.15) is 0 Å². The van der Waals surface area contributed by atoms with Gasteiger partial charge < -0.3 is 17.7 Å². The van der Waals surface area contributed by atoms with Crippen molar-refractivity contribution < 1.29 is 17.7 Å². The third-order valence-corrected chi connectivity index (χ3v) is 4.02. The summed E-state index contributed by atoms with van der Waals surface area (Å²) in [6.45, 7) is 12.0. The first-order chi connectivity index (χ1) is 8.24. The molecule has 0 aromatic rings. The minimum absolute atomic E-state index is 0.392. The molecule has 0 radical (unpaired) electrons. The quantitative estimate of drug-likeness (QED) is 0.400. The van der Waals surface area contributed by atoms with Crippen LogP contribution in [0.25, 0.3) is 0 Å². The fraction of sp³-hybridized carbons (Fsp3) is 0.833. The third-order valence-electron chi connectivity index (χ3n) is 1.83. The summed E-state index contributed by atoms with van der Waals surface area (Å²) < 4.78 is 22.8. The van der Waals surface area contributed by atoms with Crippen LogP contribution in [0.1, 0.15) is 40.0 Å². The predicted octanol–water partition coefficient (Wildman–Crippen LogP) is 2.90. The van der Waals surface area contributed by atoms with Crippen LogP contribution >= 0.6 is 0 Å². The molecule has 17 heavy (non-hydrogen) atoms. The van der Waals surface area contributed by atoms with Gasteiger partial charge in [0.15, 0.2) is 0 Å². The third kappa shape index (κ3) is 7.67. The van der Waals surface area contributed by atoms with Crippen molar-refractivity contribution in [3.8, 4) is 0 Å². The standard InChI is InChI=1S/C12H26O4Si/c1-5-9-13-17(14-10-6-2,15-11-7-3)16-12-8-4/h5H,1,6-12H2,2-4H3. The smallest absolute Gasteiger partial charge is 0.351 e. The fourth-order valence-electron chi connectivity index (χ4n) is 1.09. The molecular weight excluding hydrogens is 236 g/mol. The van der Waals surface area contributed by atoms with Crippen LogP contribution in [0.5, 0.6) is 0 Å². The topological polar surface area (TPSA) is 36.9 Å². The van der Waals surface area contributed by atoms with Crippen molar-refractivity contribution in [2.75, 3.05) is 26.4 Å². The van der Waals surface area contributed by atoms with E-state index in [1.165, 1.54) is 0 Å². The molecule has 0 atom stereocenters. The van der Waals surface area contributed by atoms with E-state index in [9.17, 15) is 0 Å². The molecule has 0 aliphatic heterocycles. The molecule has 0 rings (SSSR count). The predicted molar refractivity (Wildman–Crippen MR) is 70.6 cm³/mol. The second kappa shape index (κ2) is 10.9. The Morgan fingerprint density at radius 2 is 1.24 bits per heavy atom. The van der Waals surface area contributed by atoms with Gasteiger partial charge in [0.25, 0.3) is 0 Å². The Hall–Kier alpha value is -0.203. The summed E-state index contributed by atoms with van der Waals surface area (Å²) in [5.74, 6) is 0. The van der Waals surface area contributed by atoms with E-state index in [1.807, 2.05) is 20.8 Å². The lowest BCUT2D eigenvalue weighted by Crippen LogP contribution is -2.50. The maximum Gasteiger partial charge on any atom is 0.679 e. The molecule has 5 heteroatoms. The zero-order valence-electron chi connectivity index (χ0n) is 11.4. The highest BCUT2D eigenvalue weighted by molar-refractivity contribution is 6.53. The van der Waals surface area contributed by atoms with E-state index >= 15 is 0 Å². The van der Waals surface area contributed by atoms with Crippen molar-refractivity contribution in [2.45, 2.75) is 40.0 Å². The summed E-state index contributed by atoms with van der Waals surface area (Å²) in [4.78, 5) is 0. The minimum Gasteiger partial charge on any atom is -0.351 e. The molecule has 0 saturated carbocycles. The maximum atomic E-state index is 5.71. The van der Waals surface area contributed by atoms with Crippen molar-refractivity contribution in [2.24, 2.45) is 0 Å². The zero-order valence-corrected chi connectivity index (χ0v) is 12.4. The lowest BCUT2D eigenvalue weighted by molar-refractivity contribution is -0.0293. The average Bonchev–Trinajstić information content (AvgIpc) is 2.37. The lowest BCUT2D eigenvalue weighted by Gasteiger charge is -2.27. The van der Waals surface area contributed by atoms with Crippen LogP contribution in [-0.2, 0) is 17.7 Å². The van der Waals surface area contributed by atoms with Crippen LogP contribution in [0.3, 0.4) is 0 Å². The summed E-state index contributed by atoms with van der Waals surface area (Å²) in [6, 6.07) is 0. The first-order valence-electron chi connectivity index (χ1n) is 6.41. The Morgan fingerprint density at radius 3 is 1.53 bits per heavy atom. The van der Waals surface area contributed by atoms with Gasteiger partial charge in [-0.15, -0.1) is 6.58 Å². The van der Waals surface area contributed by atoms with Crippen molar-refractivity contribution >= 4 is 9.05 Å². The lowest BCUT2D eigenvalue weighted by atomic mass is 10.5. The van der Waals surface area contributed by atoms with Crippen LogP contribution in [0.2, 0.25) is 0 Å². The van der Waals surface area contributed by atoms with Gasteiger partial charge in [0.05, 0.1) is 6.61 Å². The molecule has 0 saturated heterocycles. The Morgan fingerprint density at radius 1 is 0.824 bits per heavy atom. The van der Waals surface area contributed by atoms with Crippen molar-refractivity contribution in [1.29, 1.82) is 0 Å². The molecule has 0 aliphatic rings. The molecule has 0 fully saturated rings.